The Kier molecular flexibility index (Phi) is 5.67. The van der Waals surface area contributed by atoms with Crippen LogP contribution in [0.5, 0.6) is 0 Å². The van der Waals surface area contributed by atoms with Crippen LogP contribution in [0.2, 0.25) is 0 Å². The lowest BCUT2D eigenvalue weighted by Gasteiger charge is -2.50. The molecule has 2 aliphatic rings. The van der Waals surface area contributed by atoms with Gasteiger partial charge < -0.3 is 10.5 Å². The molecule has 1 saturated heterocycles. The van der Waals surface area contributed by atoms with Gasteiger partial charge in [-0.05, 0) is 38.5 Å². The average Bonchev–Trinajstić information content (AvgIpc) is 2.48. The van der Waals surface area contributed by atoms with Crippen molar-refractivity contribution < 1.29 is 4.74 Å². The molecule has 2 rings (SSSR count). The molecule has 2 atom stereocenters. The molecule has 1 aliphatic carbocycles. The summed E-state index contributed by atoms with van der Waals surface area (Å²) < 4.78 is 5.77. The van der Waals surface area contributed by atoms with E-state index in [2.05, 4.69) is 18.7 Å². The van der Waals surface area contributed by atoms with Gasteiger partial charge in [0.2, 0.25) is 0 Å². The first-order valence-corrected chi connectivity index (χ1v) is 8.30. The largest absolute Gasteiger partial charge is 0.378 e. The molecule has 1 aliphatic heterocycles. The van der Waals surface area contributed by atoms with Gasteiger partial charge in [-0.3, -0.25) is 4.90 Å². The Balaban J connectivity index is 1.94. The average molecular weight is 268 g/mol. The number of likely N-dealkylation sites (tertiary alicyclic amines) is 1. The molecule has 0 spiro atoms. The predicted molar refractivity (Wildman–Crippen MR) is 80.3 cm³/mol. The molecule has 0 amide bonds. The first-order valence-electron chi connectivity index (χ1n) is 8.30. The first kappa shape index (κ1) is 15.3. The number of rotatable bonds is 5. The van der Waals surface area contributed by atoms with E-state index in [9.17, 15) is 0 Å². The van der Waals surface area contributed by atoms with Gasteiger partial charge in [-0.2, -0.15) is 0 Å². The second-order valence-electron chi connectivity index (χ2n) is 6.44. The zero-order valence-electron chi connectivity index (χ0n) is 12.9. The molecular weight excluding hydrogens is 236 g/mol. The molecule has 1 saturated carbocycles. The topological polar surface area (TPSA) is 38.5 Å². The van der Waals surface area contributed by atoms with E-state index >= 15 is 0 Å². The van der Waals surface area contributed by atoms with Crippen molar-refractivity contribution >= 4 is 0 Å². The Morgan fingerprint density at radius 3 is 2.53 bits per heavy atom. The van der Waals surface area contributed by atoms with Gasteiger partial charge in [0.1, 0.15) is 0 Å². The minimum absolute atomic E-state index is 0.302. The lowest BCUT2D eigenvalue weighted by molar-refractivity contribution is -0.0358. The maximum atomic E-state index is 6.21. The van der Waals surface area contributed by atoms with E-state index < -0.39 is 0 Å². The van der Waals surface area contributed by atoms with Crippen molar-refractivity contribution in [1.82, 2.24) is 4.90 Å². The second kappa shape index (κ2) is 7.05. The van der Waals surface area contributed by atoms with Crippen molar-refractivity contribution in [3.8, 4) is 0 Å². The molecule has 0 aromatic rings. The fourth-order valence-electron chi connectivity index (χ4n) is 4.14. The quantitative estimate of drug-likeness (QED) is 0.833. The molecule has 0 bridgehead atoms. The van der Waals surface area contributed by atoms with Crippen LogP contribution in [-0.2, 0) is 4.74 Å². The highest BCUT2D eigenvalue weighted by molar-refractivity contribution is 4.98. The van der Waals surface area contributed by atoms with Crippen LogP contribution in [0.3, 0.4) is 0 Å². The maximum Gasteiger partial charge on any atom is 0.0599 e. The summed E-state index contributed by atoms with van der Waals surface area (Å²) >= 11 is 0. The van der Waals surface area contributed by atoms with E-state index in [1.807, 2.05) is 0 Å². The minimum Gasteiger partial charge on any atom is -0.378 e. The van der Waals surface area contributed by atoms with Gasteiger partial charge in [-0.25, -0.2) is 0 Å². The molecule has 1 heterocycles. The number of nitrogens with zero attached hydrogens (tertiary/aromatic N) is 1. The molecule has 2 fully saturated rings. The van der Waals surface area contributed by atoms with Gasteiger partial charge >= 0.3 is 0 Å². The van der Waals surface area contributed by atoms with E-state index in [0.717, 1.165) is 19.1 Å². The van der Waals surface area contributed by atoms with Crippen molar-refractivity contribution in [2.75, 3.05) is 26.2 Å². The lowest BCUT2D eigenvalue weighted by atomic mass is 9.73. The van der Waals surface area contributed by atoms with Crippen molar-refractivity contribution in [2.24, 2.45) is 11.7 Å². The molecule has 112 valence electrons. The van der Waals surface area contributed by atoms with E-state index in [1.165, 1.54) is 58.0 Å². The Bertz CT molecular complexity index is 263. The summed E-state index contributed by atoms with van der Waals surface area (Å²) in [5.41, 5.74) is 6.51. The predicted octanol–water partition coefficient (Wildman–Crippen LogP) is 2.79. The number of hydrogen-bond donors (Lipinski definition) is 1. The standard InChI is InChI=1S/C16H32N2O/c1-3-14-6-5-9-16(12-14,13-17)18-10-7-15(8-11-18)19-4-2/h14-15H,3-13,17H2,1-2H3. The van der Waals surface area contributed by atoms with Crippen LogP contribution in [0.25, 0.3) is 0 Å². The summed E-state index contributed by atoms with van der Waals surface area (Å²) in [6.07, 6.45) is 9.57. The summed E-state index contributed by atoms with van der Waals surface area (Å²) in [5, 5.41) is 0. The van der Waals surface area contributed by atoms with E-state index in [4.69, 9.17) is 10.5 Å². The van der Waals surface area contributed by atoms with Crippen LogP contribution >= 0.6 is 0 Å². The summed E-state index contributed by atoms with van der Waals surface area (Å²) in [7, 11) is 0. The minimum atomic E-state index is 0.302. The van der Waals surface area contributed by atoms with Gasteiger partial charge in [0.15, 0.2) is 0 Å². The Hall–Kier alpha value is -0.120. The molecule has 0 aromatic heterocycles. The number of hydrogen-bond acceptors (Lipinski definition) is 3. The van der Waals surface area contributed by atoms with Gasteiger partial charge in [0.05, 0.1) is 6.10 Å². The van der Waals surface area contributed by atoms with Crippen LogP contribution in [0, 0.1) is 5.92 Å². The van der Waals surface area contributed by atoms with Crippen molar-refractivity contribution in [2.45, 2.75) is 70.4 Å². The van der Waals surface area contributed by atoms with E-state index in [0.29, 0.717) is 11.6 Å². The van der Waals surface area contributed by atoms with Crippen molar-refractivity contribution in [3.63, 3.8) is 0 Å². The van der Waals surface area contributed by atoms with E-state index in [-0.39, 0.29) is 0 Å². The Labute approximate surface area is 118 Å². The molecule has 2 N–H and O–H groups in total. The van der Waals surface area contributed by atoms with Crippen molar-refractivity contribution in [3.05, 3.63) is 0 Å². The molecule has 19 heavy (non-hydrogen) atoms. The zero-order chi connectivity index (χ0) is 13.7. The number of nitrogens with two attached hydrogens (primary N) is 1. The van der Waals surface area contributed by atoms with Crippen LogP contribution < -0.4 is 5.73 Å². The van der Waals surface area contributed by atoms with Crippen LogP contribution in [0.1, 0.15) is 58.8 Å². The molecular formula is C16H32N2O. The summed E-state index contributed by atoms with van der Waals surface area (Å²) in [5.74, 6) is 0.891. The second-order valence-corrected chi connectivity index (χ2v) is 6.44. The third-order valence-electron chi connectivity index (χ3n) is 5.40. The highest BCUT2D eigenvalue weighted by Gasteiger charge is 2.40. The maximum absolute atomic E-state index is 6.21. The Morgan fingerprint density at radius 1 is 1.21 bits per heavy atom. The number of ether oxygens (including phenoxy) is 1. The highest BCUT2D eigenvalue weighted by Crippen LogP contribution is 2.39. The third kappa shape index (κ3) is 3.50. The van der Waals surface area contributed by atoms with Gasteiger partial charge in [0, 0.05) is 31.8 Å². The molecule has 3 nitrogen and oxygen atoms in total. The highest BCUT2D eigenvalue weighted by atomic mass is 16.5. The van der Waals surface area contributed by atoms with Crippen molar-refractivity contribution in [1.29, 1.82) is 0 Å². The molecule has 0 aromatic carbocycles. The number of piperidine rings is 1. The first-order chi connectivity index (χ1) is 9.24. The molecule has 0 radical (unpaired) electrons. The van der Waals surface area contributed by atoms with Crippen LogP contribution in [0.15, 0.2) is 0 Å². The fourth-order valence-corrected chi connectivity index (χ4v) is 4.14. The fraction of sp³-hybridized carbons (Fsp3) is 1.00. The smallest absolute Gasteiger partial charge is 0.0599 e. The van der Waals surface area contributed by atoms with Gasteiger partial charge in [0.25, 0.3) is 0 Å². The molecule has 3 heteroatoms. The lowest BCUT2D eigenvalue weighted by Crippen LogP contribution is -2.59. The zero-order valence-corrected chi connectivity index (χ0v) is 12.9. The Morgan fingerprint density at radius 2 is 1.95 bits per heavy atom. The van der Waals surface area contributed by atoms with Gasteiger partial charge in [-0.15, -0.1) is 0 Å². The summed E-state index contributed by atoms with van der Waals surface area (Å²) in [6, 6.07) is 0. The molecule has 2 unspecified atom stereocenters. The van der Waals surface area contributed by atoms with E-state index in [1.54, 1.807) is 0 Å². The van der Waals surface area contributed by atoms with Gasteiger partial charge in [-0.1, -0.05) is 26.2 Å². The monoisotopic (exact) mass is 268 g/mol. The van der Waals surface area contributed by atoms with Crippen LogP contribution in [0.4, 0.5) is 0 Å². The summed E-state index contributed by atoms with van der Waals surface area (Å²) in [6.45, 7) is 8.48. The summed E-state index contributed by atoms with van der Waals surface area (Å²) in [4.78, 5) is 2.70. The van der Waals surface area contributed by atoms with Crippen LogP contribution in [-0.4, -0.2) is 42.8 Å². The normalized spacial score (nSPS) is 34.6. The third-order valence-corrected chi connectivity index (χ3v) is 5.40. The SMILES string of the molecule is CCOC1CCN(C2(CN)CCCC(CC)C2)CC1.